The summed E-state index contributed by atoms with van der Waals surface area (Å²) < 4.78 is 15.2. The van der Waals surface area contributed by atoms with Crippen molar-refractivity contribution in [3.05, 3.63) is 48.5 Å². The lowest BCUT2D eigenvalue weighted by Gasteiger charge is -2.06. The number of hydrogen-bond donors (Lipinski definition) is 0. The average Bonchev–Trinajstić information content (AvgIpc) is 3.14. The Kier molecular flexibility index (Phi) is 3.68. The van der Waals surface area contributed by atoms with Crippen LogP contribution in [0.5, 0.6) is 5.88 Å². The average molecular weight is 416 g/mol. The van der Waals surface area contributed by atoms with E-state index in [0.717, 1.165) is 46.7 Å². The van der Waals surface area contributed by atoms with Crippen molar-refractivity contribution >= 4 is 16.7 Å². The maximum absolute atomic E-state index is 5.95. The standard InChI is InChI=1S/C21H20N8O2/c1-12-25-18-15(28(12)10-16-26-27-20(31-16)21(2)5-6-21)8-13(9-22-18)14-4-7-29-17(14)19(30-3)23-11-24-29/h4,7-9,11H,5-6,10H2,1-3H3. The van der Waals surface area contributed by atoms with Gasteiger partial charge in [-0.25, -0.2) is 14.5 Å². The second-order valence-corrected chi connectivity index (χ2v) is 8.17. The molecule has 1 fully saturated rings. The van der Waals surface area contributed by atoms with Gasteiger partial charge in [-0.3, -0.25) is 0 Å². The molecule has 1 aliphatic rings. The number of nitrogens with zero attached hydrogens (tertiary/aromatic N) is 8. The Balaban J connectivity index is 1.44. The van der Waals surface area contributed by atoms with Crippen molar-refractivity contribution in [1.29, 1.82) is 0 Å². The van der Waals surface area contributed by atoms with E-state index in [-0.39, 0.29) is 5.41 Å². The van der Waals surface area contributed by atoms with E-state index in [9.17, 15) is 0 Å². The highest BCUT2D eigenvalue weighted by atomic mass is 16.5. The molecule has 0 aliphatic heterocycles. The third-order valence-electron chi connectivity index (χ3n) is 6.00. The van der Waals surface area contributed by atoms with Crippen LogP contribution in [-0.2, 0) is 12.0 Å². The van der Waals surface area contributed by atoms with Gasteiger partial charge in [-0.15, -0.1) is 10.2 Å². The first-order valence-corrected chi connectivity index (χ1v) is 10.1. The maximum atomic E-state index is 5.95. The number of aryl methyl sites for hydroxylation is 1. The number of aromatic nitrogens is 8. The SMILES string of the molecule is COc1ncnn2ccc(-c3cnc4nc(C)n(Cc5nnc(C6(C)CC6)o5)c4c3)c12. The Bertz CT molecular complexity index is 1440. The molecule has 0 amide bonds. The first kappa shape index (κ1) is 18.0. The summed E-state index contributed by atoms with van der Waals surface area (Å²) in [6.07, 6.45) is 7.33. The van der Waals surface area contributed by atoms with E-state index < -0.39 is 0 Å². The van der Waals surface area contributed by atoms with Crippen LogP contribution in [0.4, 0.5) is 0 Å². The lowest BCUT2D eigenvalue weighted by Crippen LogP contribution is -2.03. The van der Waals surface area contributed by atoms with Gasteiger partial charge in [0.25, 0.3) is 0 Å². The molecule has 1 saturated carbocycles. The molecule has 0 bridgehead atoms. The number of hydrogen-bond acceptors (Lipinski definition) is 8. The second-order valence-electron chi connectivity index (χ2n) is 8.17. The molecule has 5 aromatic heterocycles. The Morgan fingerprint density at radius 2 is 2.10 bits per heavy atom. The van der Waals surface area contributed by atoms with Crippen molar-refractivity contribution in [2.75, 3.05) is 7.11 Å². The summed E-state index contributed by atoms with van der Waals surface area (Å²) in [5, 5.41) is 12.8. The van der Waals surface area contributed by atoms with Gasteiger partial charge in [-0.1, -0.05) is 6.92 Å². The van der Waals surface area contributed by atoms with Crippen molar-refractivity contribution in [1.82, 2.24) is 39.3 Å². The zero-order chi connectivity index (χ0) is 21.2. The summed E-state index contributed by atoms with van der Waals surface area (Å²) >= 11 is 0. The molecule has 0 unspecified atom stereocenters. The van der Waals surface area contributed by atoms with Crippen molar-refractivity contribution in [2.45, 2.75) is 38.6 Å². The molecule has 0 N–H and O–H groups in total. The topological polar surface area (TPSA) is 109 Å². The fourth-order valence-corrected chi connectivity index (χ4v) is 3.87. The number of ether oxygens (including phenoxy) is 1. The Morgan fingerprint density at radius 1 is 1.23 bits per heavy atom. The normalized spacial score (nSPS) is 15.1. The summed E-state index contributed by atoms with van der Waals surface area (Å²) in [7, 11) is 1.60. The van der Waals surface area contributed by atoms with Gasteiger partial charge in [0.2, 0.25) is 17.7 Å². The van der Waals surface area contributed by atoms with E-state index in [0.29, 0.717) is 24.0 Å². The summed E-state index contributed by atoms with van der Waals surface area (Å²) in [4.78, 5) is 13.4. The van der Waals surface area contributed by atoms with Gasteiger partial charge in [0, 0.05) is 28.9 Å². The smallest absolute Gasteiger partial charge is 0.241 e. The molecular formula is C21H20N8O2. The molecule has 156 valence electrons. The third-order valence-corrected chi connectivity index (χ3v) is 6.00. The van der Waals surface area contributed by atoms with E-state index in [2.05, 4.69) is 43.2 Å². The second kappa shape index (κ2) is 6.34. The minimum atomic E-state index is 0.0453. The minimum Gasteiger partial charge on any atom is -0.479 e. The molecule has 10 nitrogen and oxygen atoms in total. The lowest BCUT2D eigenvalue weighted by atomic mass is 10.1. The van der Waals surface area contributed by atoms with Gasteiger partial charge < -0.3 is 13.7 Å². The maximum Gasteiger partial charge on any atom is 0.241 e. The van der Waals surface area contributed by atoms with Gasteiger partial charge in [0.05, 0.1) is 12.6 Å². The van der Waals surface area contributed by atoms with Crippen LogP contribution < -0.4 is 4.74 Å². The quantitative estimate of drug-likeness (QED) is 0.430. The lowest BCUT2D eigenvalue weighted by molar-refractivity contribution is 0.399. The van der Waals surface area contributed by atoms with Gasteiger partial charge in [-0.2, -0.15) is 10.1 Å². The Hall–Kier alpha value is -3.82. The zero-order valence-electron chi connectivity index (χ0n) is 17.4. The Morgan fingerprint density at radius 3 is 2.90 bits per heavy atom. The number of rotatable bonds is 5. The summed E-state index contributed by atoms with van der Waals surface area (Å²) in [5.74, 6) is 2.63. The molecule has 0 radical (unpaired) electrons. The van der Waals surface area contributed by atoms with E-state index in [1.54, 1.807) is 17.8 Å². The first-order chi connectivity index (χ1) is 15.1. The van der Waals surface area contributed by atoms with Crippen molar-refractivity contribution in [3.8, 4) is 17.0 Å². The zero-order valence-corrected chi connectivity index (χ0v) is 17.4. The highest BCUT2D eigenvalue weighted by molar-refractivity contribution is 5.87. The predicted molar refractivity (Wildman–Crippen MR) is 111 cm³/mol. The number of fused-ring (bicyclic) bond motifs is 2. The van der Waals surface area contributed by atoms with Crippen molar-refractivity contribution in [3.63, 3.8) is 0 Å². The number of imidazole rings is 1. The fraction of sp³-hybridized carbons (Fsp3) is 0.333. The van der Waals surface area contributed by atoms with E-state index in [1.807, 2.05) is 23.8 Å². The van der Waals surface area contributed by atoms with Crippen LogP contribution in [0.25, 0.3) is 27.8 Å². The van der Waals surface area contributed by atoms with Crippen LogP contribution in [0.1, 0.15) is 37.4 Å². The molecule has 1 aliphatic carbocycles. The summed E-state index contributed by atoms with van der Waals surface area (Å²) in [5.41, 5.74) is 4.24. The molecule has 0 saturated heterocycles. The number of pyridine rings is 1. The molecule has 6 rings (SSSR count). The van der Waals surface area contributed by atoms with Gasteiger partial charge in [0.15, 0.2) is 5.65 Å². The van der Waals surface area contributed by atoms with E-state index in [4.69, 9.17) is 9.15 Å². The van der Waals surface area contributed by atoms with Crippen LogP contribution in [-0.4, -0.2) is 46.4 Å². The molecule has 5 heterocycles. The predicted octanol–water partition coefficient (Wildman–Crippen LogP) is 2.94. The molecule has 10 heteroatoms. The molecule has 5 aromatic rings. The van der Waals surface area contributed by atoms with Crippen LogP contribution in [0.15, 0.2) is 35.3 Å². The van der Waals surface area contributed by atoms with Crippen molar-refractivity contribution in [2.24, 2.45) is 0 Å². The summed E-state index contributed by atoms with van der Waals surface area (Å²) in [6, 6.07) is 4.03. The van der Waals surface area contributed by atoms with Gasteiger partial charge in [-0.05, 0) is 31.9 Å². The van der Waals surface area contributed by atoms with Crippen LogP contribution in [0, 0.1) is 6.92 Å². The van der Waals surface area contributed by atoms with Crippen LogP contribution >= 0.6 is 0 Å². The fourth-order valence-electron chi connectivity index (χ4n) is 3.87. The monoisotopic (exact) mass is 416 g/mol. The van der Waals surface area contributed by atoms with Gasteiger partial charge >= 0.3 is 0 Å². The van der Waals surface area contributed by atoms with Crippen molar-refractivity contribution < 1.29 is 9.15 Å². The molecule has 31 heavy (non-hydrogen) atoms. The largest absolute Gasteiger partial charge is 0.479 e. The highest BCUT2D eigenvalue weighted by Crippen LogP contribution is 2.46. The van der Waals surface area contributed by atoms with Crippen LogP contribution in [0.2, 0.25) is 0 Å². The summed E-state index contributed by atoms with van der Waals surface area (Å²) in [6.45, 7) is 4.55. The Labute approximate surface area is 176 Å². The third kappa shape index (κ3) is 2.78. The molecular weight excluding hydrogens is 396 g/mol. The minimum absolute atomic E-state index is 0.0453. The first-order valence-electron chi connectivity index (χ1n) is 10.1. The van der Waals surface area contributed by atoms with E-state index >= 15 is 0 Å². The van der Waals surface area contributed by atoms with E-state index in [1.165, 1.54) is 6.33 Å². The highest BCUT2D eigenvalue weighted by Gasteiger charge is 2.44. The number of methoxy groups -OCH3 is 1. The van der Waals surface area contributed by atoms with Crippen LogP contribution in [0.3, 0.4) is 0 Å². The molecule has 0 aromatic carbocycles. The molecule has 0 spiro atoms. The van der Waals surface area contributed by atoms with Gasteiger partial charge in [0.1, 0.15) is 24.2 Å². The molecule has 0 atom stereocenters.